The number of nitrogens with zero attached hydrogens (tertiary/aromatic N) is 8. The lowest BCUT2D eigenvalue weighted by Gasteiger charge is -2.53. The summed E-state index contributed by atoms with van der Waals surface area (Å²) in [4.78, 5) is 21.3. The number of alkyl halides is 2. The number of hydrogen-bond donors (Lipinski definition) is 1. The Hall–Kier alpha value is -4.91. The number of likely N-dealkylation sites (N-methyl/N-ethyl adjacent to an activating group) is 1. The molecule has 0 aliphatic carbocycles. The number of ether oxygens (including phenoxy) is 2. The maximum atomic E-state index is 14.3. The van der Waals surface area contributed by atoms with E-state index in [4.69, 9.17) is 9.47 Å². The predicted molar refractivity (Wildman–Crippen MR) is 153 cm³/mol. The van der Waals surface area contributed by atoms with Gasteiger partial charge in [-0.1, -0.05) is 6.58 Å². The summed E-state index contributed by atoms with van der Waals surface area (Å²) in [5, 5.41) is 8.19. The summed E-state index contributed by atoms with van der Waals surface area (Å²) in [6, 6.07) is 11.0. The van der Waals surface area contributed by atoms with Crippen LogP contribution in [0.2, 0.25) is 0 Å². The van der Waals surface area contributed by atoms with E-state index in [1.54, 1.807) is 28.9 Å². The molecule has 1 spiro atoms. The molecule has 0 saturated carbocycles. The van der Waals surface area contributed by atoms with E-state index in [-0.39, 0.29) is 13.0 Å². The Labute approximate surface area is 239 Å². The van der Waals surface area contributed by atoms with Crippen molar-refractivity contribution in [1.82, 2.24) is 34.4 Å². The second-order valence-corrected chi connectivity index (χ2v) is 10.8. The van der Waals surface area contributed by atoms with Crippen molar-refractivity contribution in [2.45, 2.75) is 24.8 Å². The molecule has 42 heavy (non-hydrogen) atoms. The monoisotopic (exact) mass is 571 g/mol. The second kappa shape index (κ2) is 9.58. The van der Waals surface area contributed by atoms with Crippen molar-refractivity contribution >= 4 is 33.7 Å². The largest absolute Gasteiger partial charge is 0.463 e. The quantitative estimate of drug-likeness (QED) is 0.269. The van der Waals surface area contributed by atoms with E-state index in [0.717, 1.165) is 22.3 Å². The van der Waals surface area contributed by atoms with Gasteiger partial charge in [-0.2, -0.15) is 5.10 Å². The summed E-state index contributed by atoms with van der Waals surface area (Å²) in [7, 11) is 1.76. The van der Waals surface area contributed by atoms with Crippen LogP contribution in [-0.4, -0.2) is 72.6 Å². The molecule has 11 nitrogen and oxygen atoms in total. The maximum Gasteiger partial charge on any atom is 0.262 e. The number of benzene rings is 2. The van der Waals surface area contributed by atoms with Gasteiger partial charge in [0.2, 0.25) is 5.88 Å². The van der Waals surface area contributed by atoms with Crippen LogP contribution in [0.25, 0.3) is 16.6 Å². The van der Waals surface area contributed by atoms with Crippen LogP contribution in [-0.2, 0) is 0 Å². The minimum Gasteiger partial charge on any atom is -0.463 e. The second-order valence-electron chi connectivity index (χ2n) is 10.8. The van der Waals surface area contributed by atoms with Crippen molar-refractivity contribution in [1.29, 1.82) is 0 Å². The number of aryl methyl sites for hydroxylation is 1. The molecule has 214 valence electrons. The third-order valence-electron chi connectivity index (χ3n) is 7.90. The average molecular weight is 572 g/mol. The van der Waals surface area contributed by atoms with Crippen molar-refractivity contribution in [3.8, 4) is 17.4 Å². The highest BCUT2D eigenvalue weighted by atomic mass is 19.3. The normalized spacial score (nSPS) is 17.5. The molecule has 2 aliphatic heterocycles. The molecule has 0 unspecified atom stereocenters. The van der Waals surface area contributed by atoms with Crippen LogP contribution in [0.3, 0.4) is 0 Å². The molecule has 7 rings (SSSR count). The van der Waals surface area contributed by atoms with E-state index in [2.05, 4.69) is 41.8 Å². The zero-order valence-electron chi connectivity index (χ0n) is 23.0. The fourth-order valence-electron chi connectivity index (χ4n) is 5.93. The molecule has 3 aromatic heterocycles. The highest BCUT2D eigenvalue weighted by Crippen LogP contribution is 2.49. The van der Waals surface area contributed by atoms with Gasteiger partial charge in [0.25, 0.3) is 5.92 Å². The summed E-state index contributed by atoms with van der Waals surface area (Å²) in [6.07, 6.45) is 5.66. The van der Waals surface area contributed by atoms with E-state index >= 15 is 0 Å². The smallest absolute Gasteiger partial charge is 0.262 e. The maximum absolute atomic E-state index is 14.3. The SMILES string of the molecule is C=COc1ccc2ncnc(Nc3ccc(Oc4cc5ncnn5cn4)c(C)c3)c2c1N1CC2(C1)CC(F)(F)CN2C. The molecule has 0 radical (unpaired) electrons. The van der Waals surface area contributed by atoms with Gasteiger partial charge in [-0.05, 0) is 49.9 Å². The molecule has 1 N–H and O–H groups in total. The van der Waals surface area contributed by atoms with Crippen LogP contribution in [0, 0.1) is 6.92 Å². The van der Waals surface area contributed by atoms with Gasteiger partial charge < -0.3 is 19.7 Å². The number of likely N-dealkylation sites (tertiary alicyclic amines) is 1. The van der Waals surface area contributed by atoms with Gasteiger partial charge in [0.15, 0.2) is 11.4 Å². The Morgan fingerprint density at radius 3 is 2.60 bits per heavy atom. The number of anilines is 3. The topological polar surface area (TPSA) is 106 Å². The zero-order chi connectivity index (χ0) is 29.1. The third-order valence-corrected chi connectivity index (χ3v) is 7.90. The standard InChI is InChI=1S/C29H27F2N9O2/c1-4-41-22-8-6-20-25(26(22)39-12-28(13-39)11-29(30,31)14-38(28)3)27(34-15-32-20)37-19-5-7-21(18(2)9-19)42-24-10-23-33-16-36-40(23)17-35-24/h4-10,15-17H,1,11-14H2,2-3H3,(H,32,34,37). The van der Waals surface area contributed by atoms with E-state index in [0.29, 0.717) is 47.5 Å². The van der Waals surface area contributed by atoms with Crippen LogP contribution in [0.4, 0.5) is 26.0 Å². The van der Waals surface area contributed by atoms with Crippen molar-refractivity contribution in [2.75, 3.05) is 36.9 Å². The van der Waals surface area contributed by atoms with E-state index in [9.17, 15) is 8.78 Å². The fourth-order valence-corrected chi connectivity index (χ4v) is 5.93. The van der Waals surface area contributed by atoms with Crippen molar-refractivity contribution in [3.63, 3.8) is 0 Å². The number of aromatic nitrogens is 6. The Morgan fingerprint density at radius 2 is 1.83 bits per heavy atom. The van der Waals surface area contributed by atoms with Gasteiger partial charge in [-0.15, -0.1) is 0 Å². The number of fused-ring (bicyclic) bond motifs is 2. The minimum absolute atomic E-state index is 0.174. The number of hydrogen-bond acceptors (Lipinski definition) is 10. The Bertz CT molecular complexity index is 1840. The van der Waals surface area contributed by atoms with Gasteiger partial charge >= 0.3 is 0 Å². The van der Waals surface area contributed by atoms with Crippen LogP contribution in [0.1, 0.15) is 12.0 Å². The summed E-state index contributed by atoms with van der Waals surface area (Å²) in [6.45, 7) is 6.26. The van der Waals surface area contributed by atoms with Crippen LogP contribution in [0.5, 0.6) is 17.4 Å². The highest BCUT2D eigenvalue weighted by Gasteiger charge is 2.59. The summed E-state index contributed by atoms with van der Waals surface area (Å²) in [5.74, 6) is -0.561. The Kier molecular flexibility index (Phi) is 5.94. The van der Waals surface area contributed by atoms with Gasteiger partial charge in [-0.25, -0.2) is 33.2 Å². The molecule has 13 heteroatoms. The van der Waals surface area contributed by atoms with Crippen molar-refractivity contribution in [2.24, 2.45) is 0 Å². The molecule has 2 fully saturated rings. The molecular formula is C29H27F2N9O2. The third kappa shape index (κ3) is 4.42. The van der Waals surface area contributed by atoms with Crippen molar-refractivity contribution in [3.05, 3.63) is 73.8 Å². The summed E-state index contributed by atoms with van der Waals surface area (Å²) >= 11 is 0. The lowest BCUT2D eigenvalue weighted by Crippen LogP contribution is -2.67. The van der Waals surface area contributed by atoms with Crippen LogP contribution in [0.15, 0.2) is 68.2 Å². The van der Waals surface area contributed by atoms with Gasteiger partial charge in [0.05, 0.1) is 34.9 Å². The molecule has 5 aromatic rings. The molecule has 5 heterocycles. The average Bonchev–Trinajstić information content (AvgIpc) is 3.50. The first-order valence-corrected chi connectivity index (χ1v) is 13.3. The number of halogens is 2. The molecule has 2 saturated heterocycles. The Balaban J connectivity index is 1.20. The molecule has 0 amide bonds. The van der Waals surface area contributed by atoms with E-state index in [1.165, 1.54) is 18.9 Å². The van der Waals surface area contributed by atoms with Crippen molar-refractivity contribution < 1.29 is 18.3 Å². The zero-order valence-corrected chi connectivity index (χ0v) is 23.0. The van der Waals surface area contributed by atoms with Gasteiger partial charge in [-0.3, -0.25) is 4.90 Å². The van der Waals surface area contributed by atoms with E-state index in [1.807, 2.05) is 37.3 Å². The number of nitrogens with one attached hydrogen (secondary N) is 1. The highest BCUT2D eigenvalue weighted by molar-refractivity contribution is 6.04. The van der Waals surface area contributed by atoms with E-state index < -0.39 is 11.5 Å². The minimum atomic E-state index is -2.71. The molecule has 0 atom stereocenters. The first-order valence-electron chi connectivity index (χ1n) is 13.3. The molecule has 2 aromatic carbocycles. The summed E-state index contributed by atoms with van der Waals surface area (Å²) < 4.78 is 41.9. The molecule has 0 bridgehead atoms. The molecule has 2 aliphatic rings. The van der Waals surface area contributed by atoms with Crippen LogP contribution >= 0.6 is 0 Å². The Morgan fingerprint density at radius 1 is 1.00 bits per heavy atom. The summed E-state index contributed by atoms with van der Waals surface area (Å²) in [5.41, 5.74) is 3.10. The number of rotatable bonds is 7. The molecular weight excluding hydrogens is 544 g/mol. The van der Waals surface area contributed by atoms with Crippen LogP contribution < -0.4 is 19.7 Å². The van der Waals surface area contributed by atoms with Gasteiger partial charge in [0, 0.05) is 31.3 Å². The fraction of sp³-hybridized carbons (Fsp3) is 0.276. The lowest BCUT2D eigenvalue weighted by molar-refractivity contribution is 0.0117. The lowest BCUT2D eigenvalue weighted by atomic mass is 9.85. The predicted octanol–water partition coefficient (Wildman–Crippen LogP) is 4.96. The van der Waals surface area contributed by atoms with Gasteiger partial charge in [0.1, 0.15) is 30.5 Å². The first-order chi connectivity index (χ1) is 20.2. The first kappa shape index (κ1) is 26.0.